The Kier molecular flexibility index (Phi) is 5.68. The average Bonchev–Trinajstić information content (AvgIpc) is 2.37. The highest BCUT2D eigenvalue weighted by atomic mass is 79.9. The third-order valence-electron chi connectivity index (χ3n) is 2.18. The topological polar surface area (TPSA) is 68.7 Å². The Morgan fingerprint density at radius 2 is 1.84 bits per heavy atom. The van der Waals surface area contributed by atoms with Crippen molar-refractivity contribution in [1.82, 2.24) is 4.98 Å². The summed E-state index contributed by atoms with van der Waals surface area (Å²) in [5, 5.41) is 0. The molecule has 104 valence electrons. The number of pyridine rings is 1. The number of rotatable bonds is 5. The summed E-state index contributed by atoms with van der Waals surface area (Å²) in [4.78, 5) is 27.5. The molecular formula is C11H12BrFN2O4. The van der Waals surface area contributed by atoms with Gasteiger partial charge < -0.3 is 14.4 Å². The molecule has 0 aliphatic rings. The van der Waals surface area contributed by atoms with E-state index in [-0.39, 0.29) is 18.9 Å². The monoisotopic (exact) mass is 334 g/mol. The SMILES string of the molecule is COC(=O)CN(CC(=O)OC)c1ncc(Br)cc1F. The molecule has 0 radical (unpaired) electrons. The van der Waals surface area contributed by atoms with Crippen LogP contribution in [0.15, 0.2) is 16.7 Å². The van der Waals surface area contributed by atoms with E-state index in [4.69, 9.17) is 0 Å². The second kappa shape index (κ2) is 7.03. The first kappa shape index (κ1) is 15.4. The third kappa shape index (κ3) is 4.47. The maximum atomic E-state index is 13.8. The van der Waals surface area contributed by atoms with Gasteiger partial charge in [-0.05, 0) is 22.0 Å². The molecule has 0 N–H and O–H groups in total. The second-order valence-electron chi connectivity index (χ2n) is 3.47. The van der Waals surface area contributed by atoms with E-state index < -0.39 is 17.8 Å². The molecule has 0 aliphatic heterocycles. The number of esters is 2. The standard InChI is InChI=1S/C11H12BrFN2O4/c1-18-9(16)5-15(6-10(17)19-2)11-8(13)3-7(12)4-14-11/h3-4H,5-6H2,1-2H3. The summed E-state index contributed by atoms with van der Waals surface area (Å²) in [5.74, 6) is -2.03. The van der Waals surface area contributed by atoms with Gasteiger partial charge in [0.2, 0.25) is 0 Å². The minimum Gasteiger partial charge on any atom is -0.468 e. The predicted molar refractivity (Wildman–Crippen MR) is 68.1 cm³/mol. The van der Waals surface area contributed by atoms with Gasteiger partial charge in [0.25, 0.3) is 0 Å². The number of methoxy groups -OCH3 is 2. The van der Waals surface area contributed by atoms with Crippen LogP contribution in [0, 0.1) is 5.82 Å². The molecule has 1 aromatic heterocycles. The van der Waals surface area contributed by atoms with Crippen molar-refractivity contribution in [3.8, 4) is 0 Å². The Morgan fingerprint density at radius 1 is 1.32 bits per heavy atom. The third-order valence-corrected chi connectivity index (χ3v) is 2.62. The van der Waals surface area contributed by atoms with Gasteiger partial charge >= 0.3 is 11.9 Å². The van der Waals surface area contributed by atoms with E-state index in [0.29, 0.717) is 4.47 Å². The summed E-state index contributed by atoms with van der Waals surface area (Å²) in [6, 6.07) is 1.18. The number of hydrogen-bond acceptors (Lipinski definition) is 6. The quantitative estimate of drug-likeness (QED) is 0.752. The van der Waals surface area contributed by atoms with E-state index in [9.17, 15) is 14.0 Å². The lowest BCUT2D eigenvalue weighted by molar-refractivity contribution is -0.140. The van der Waals surface area contributed by atoms with Gasteiger partial charge in [-0.25, -0.2) is 9.37 Å². The average molecular weight is 335 g/mol. The van der Waals surface area contributed by atoms with Crippen molar-refractivity contribution in [3.63, 3.8) is 0 Å². The van der Waals surface area contributed by atoms with Crippen LogP contribution in [0.3, 0.4) is 0 Å². The van der Waals surface area contributed by atoms with Gasteiger partial charge in [0, 0.05) is 10.7 Å². The molecule has 19 heavy (non-hydrogen) atoms. The molecule has 1 aromatic rings. The molecule has 0 saturated carbocycles. The summed E-state index contributed by atoms with van der Waals surface area (Å²) < 4.78 is 23.2. The van der Waals surface area contributed by atoms with Crippen LogP contribution in [0.5, 0.6) is 0 Å². The van der Waals surface area contributed by atoms with Crippen molar-refractivity contribution in [2.45, 2.75) is 0 Å². The molecule has 1 rings (SSSR count). The van der Waals surface area contributed by atoms with Crippen LogP contribution in [0.2, 0.25) is 0 Å². The molecule has 6 nitrogen and oxygen atoms in total. The fraction of sp³-hybridized carbons (Fsp3) is 0.364. The van der Waals surface area contributed by atoms with Gasteiger partial charge in [-0.3, -0.25) is 9.59 Å². The molecule has 0 spiro atoms. The van der Waals surface area contributed by atoms with Gasteiger partial charge in [-0.1, -0.05) is 0 Å². The molecular weight excluding hydrogens is 323 g/mol. The largest absolute Gasteiger partial charge is 0.468 e. The van der Waals surface area contributed by atoms with Gasteiger partial charge in [0.15, 0.2) is 11.6 Å². The molecule has 0 atom stereocenters. The number of nitrogens with zero attached hydrogens (tertiary/aromatic N) is 2. The molecule has 8 heteroatoms. The Morgan fingerprint density at radius 3 is 2.26 bits per heavy atom. The van der Waals surface area contributed by atoms with E-state index in [1.807, 2.05) is 0 Å². The zero-order chi connectivity index (χ0) is 14.4. The van der Waals surface area contributed by atoms with Crippen molar-refractivity contribution < 1.29 is 23.5 Å². The number of carbonyl (C=O) groups is 2. The lowest BCUT2D eigenvalue weighted by Gasteiger charge is -2.21. The summed E-state index contributed by atoms with van der Waals surface area (Å²) in [5.41, 5.74) is 0. The lowest BCUT2D eigenvalue weighted by Crippen LogP contribution is -2.36. The highest BCUT2D eigenvalue weighted by molar-refractivity contribution is 9.10. The number of anilines is 1. The van der Waals surface area contributed by atoms with E-state index in [1.54, 1.807) is 0 Å². The Labute approximate surface area is 117 Å². The zero-order valence-electron chi connectivity index (χ0n) is 10.4. The van der Waals surface area contributed by atoms with Gasteiger partial charge in [-0.2, -0.15) is 0 Å². The molecule has 0 saturated heterocycles. The minimum atomic E-state index is -0.665. The maximum Gasteiger partial charge on any atom is 0.325 e. The molecule has 0 bridgehead atoms. The van der Waals surface area contributed by atoms with Gasteiger partial charge in [-0.15, -0.1) is 0 Å². The number of hydrogen-bond donors (Lipinski definition) is 0. The first-order valence-electron chi connectivity index (χ1n) is 5.17. The van der Waals surface area contributed by atoms with Gasteiger partial charge in [0.05, 0.1) is 14.2 Å². The smallest absolute Gasteiger partial charge is 0.325 e. The van der Waals surface area contributed by atoms with Crippen molar-refractivity contribution in [3.05, 3.63) is 22.6 Å². The minimum absolute atomic E-state index is 0.126. The van der Waals surface area contributed by atoms with E-state index in [0.717, 1.165) is 4.90 Å². The Bertz CT molecular complexity index is 466. The molecule has 0 unspecified atom stereocenters. The molecule has 0 aromatic carbocycles. The van der Waals surface area contributed by atoms with Crippen LogP contribution in [0.1, 0.15) is 0 Å². The highest BCUT2D eigenvalue weighted by Crippen LogP contribution is 2.19. The highest BCUT2D eigenvalue weighted by Gasteiger charge is 2.20. The van der Waals surface area contributed by atoms with Crippen LogP contribution in [0.4, 0.5) is 10.2 Å². The second-order valence-corrected chi connectivity index (χ2v) is 4.38. The lowest BCUT2D eigenvalue weighted by atomic mass is 10.3. The number of halogens is 2. The summed E-state index contributed by atoms with van der Waals surface area (Å²) in [6.07, 6.45) is 1.36. The molecule has 0 amide bonds. The van der Waals surface area contributed by atoms with Crippen LogP contribution < -0.4 is 4.90 Å². The van der Waals surface area contributed by atoms with Crippen molar-refractivity contribution in [2.75, 3.05) is 32.2 Å². The number of carbonyl (C=O) groups excluding carboxylic acids is 2. The molecule has 0 aliphatic carbocycles. The Hall–Kier alpha value is -1.70. The van der Waals surface area contributed by atoms with Gasteiger partial charge in [0.1, 0.15) is 13.1 Å². The zero-order valence-corrected chi connectivity index (χ0v) is 11.9. The number of aromatic nitrogens is 1. The first-order chi connectivity index (χ1) is 8.97. The Balaban J connectivity index is 3.00. The van der Waals surface area contributed by atoms with E-state index >= 15 is 0 Å². The van der Waals surface area contributed by atoms with E-state index in [1.165, 1.54) is 26.5 Å². The van der Waals surface area contributed by atoms with Crippen LogP contribution in [0.25, 0.3) is 0 Å². The fourth-order valence-corrected chi connectivity index (χ4v) is 1.59. The fourth-order valence-electron chi connectivity index (χ4n) is 1.29. The summed E-state index contributed by atoms with van der Waals surface area (Å²) >= 11 is 3.07. The molecule has 1 heterocycles. The summed E-state index contributed by atoms with van der Waals surface area (Å²) in [7, 11) is 2.40. The predicted octanol–water partition coefficient (Wildman–Crippen LogP) is 1.14. The molecule has 0 fully saturated rings. The van der Waals surface area contributed by atoms with Crippen molar-refractivity contribution >= 4 is 33.7 Å². The van der Waals surface area contributed by atoms with Crippen LogP contribution in [-0.4, -0.2) is 44.2 Å². The normalized spacial score (nSPS) is 9.89. The number of ether oxygens (including phenoxy) is 2. The maximum absolute atomic E-state index is 13.8. The van der Waals surface area contributed by atoms with Crippen LogP contribution in [-0.2, 0) is 19.1 Å². The van der Waals surface area contributed by atoms with E-state index in [2.05, 4.69) is 30.4 Å². The summed E-state index contributed by atoms with van der Waals surface area (Å²) in [6.45, 7) is -0.617. The first-order valence-corrected chi connectivity index (χ1v) is 5.96. The van der Waals surface area contributed by atoms with Crippen LogP contribution >= 0.6 is 15.9 Å². The van der Waals surface area contributed by atoms with Crippen molar-refractivity contribution in [1.29, 1.82) is 0 Å². The van der Waals surface area contributed by atoms with Crippen molar-refractivity contribution in [2.24, 2.45) is 0 Å².